The quantitative estimate of drug-likeness (QED) is 0.629. The number of nitrogens with zero attached hydrogens (tertiary/aromatic N) is 1. The van der Waals surface area contributed by atoms with Crippen molar-refractivity contribution >= 4 is 40.5 Å². The van der Waals surface area contributed by atoms with Gasteiger partial charge in [0.25, 0.3) is 0 Å². The summed E-state index contributed by atoms with van der Waals surface area (Å²) in [6.07, 6.45) is 1.40. The number of carbonyl (C=O) groups is 2. The van der Waals surface area contributed by atoms with Crippen molar-refractivity contribution in [1.82, 2.24) is 20.9 Å². The van der Waals surface area contributed by atoms with Crippen molar-refractivity contribution in [3.63, 3.8) is 0 Å². The second-order valence-corrected chi connectivity index (χ2v) is 10.7. The molecule has 0 saturated carbocycles. The Hall–Kier alpha value is -2.13. The van der Waals surface area contributed by atoms with Crippen LogP contribution in [0, 0.1) is 12.8 Å². The third-order valence-corrected chi connectivity index (χ3v) is 8.53. The van der Waals surface area contributed by atoms with Gasteiger partial charge in [0.1, 0.15) is 11.5 Å². The van der Waals surface area contributed by atoms with Crippen molar-refractivity contribution in [3.8, 4) is 0 Å². The van der Waals surface area contributed by atoms with Crippen molar-refractivity contribution in [1.29, 1.82) is 0 Å². The molecule has 3 atom stereocenters. The number of aryl methyl sites for hydroxylation is 1. The highest BCUT2D eigenvalue weighted by molar-refractivity contribution is 8.04. The first-order chi connectivity index (χ1) is 15.6. The first-order valence-electron chi connectivity index (χ1n) is 11.1. The summed E-state index contributed by atoms with van der Waals surface area (Å²) in [5, 5.41) is 13.9. The summed E-state index contributed by atoms with van der Waals surface area (Å²) in [4.78, 5) is 28.9. The van der Waals surface area contributed by atoms with Crippen molar-refractivity contribution in [2.75, 3.05) is 13.1 Å². The molecule has 168 valence electrons. The molecule has 2 aromatic rings. The molecule has 1 aromatic heterocycles. The number of likely N-dealkylation sites (tertiary alicyclic amines) is 1. The highest BCUT2D eigenvalue weighted by Crippen LogP contribution is 2.39. The lowest BCUT2D eigenvalue weighted by molar-refractivity contribution is -0.129. The molecule has 3 aliphatic heterocycles. The highest BCUT2D eigenvalue weighted by atomic mass is 32.2. The fourth-order valence-corrected chi connectivity index (χ4v) is 6.50. The fraction of sp³-hybridized carbons (Fsp3) is 0.417. The summed E-state index contributed by atoms with van der Waals surface area (Å²) < 4.78 is 0. The maximum atomic E-state index is 12.8. The summed E-state index contributed by atoms with van der Waals surface area (Å²) in [6.45, 7) is 4.26. The lowest BCUT2D eigenvalue weighted by Gasteiger charge is -2.43. The second kappa shape index (κ2) is 9.39. The molecule has 0 spiro atoms. The molecule has 2 fully saturated rings. The van der Waals surface area contributed by atoms with Gasteiger partial charge in [-0.15, -0.1) is 23.1 Å². The van der Waals surface area contributed by atoms with Crippen LogP contribution < -0.4 is 16.0 Å². The van der Waals surface area contributed by atoms with Crippen LogP contribution >= 0.6 is 23.1 Å². The lowest BCUT2D eigenvalue weighted by Crippen LogP contribution is -2.68. The summed E-state index contributed by atoms with van der Waals surface area (Å²) in [6, 6.07) is 12.5. The van der Waals surface area contributed by atoms with Crippen molar-refractivity contribution in [2.45, 2.75) is 43.9 Å². The van der Waals surface area contributed by atoms with Gasteiger partial charge in [-0.25, -0.2) is 0 Å². The van der Waals surface area contributed by atoms with Crippen LogP contribution in [0.25, 0.3) is 5.57 Å². The Bertz CT molecular complexity index is 1010. The monoisotopic (exact) mass is 468 g/mol. The minimum atomic E-state index is -0.203. The van der Waals surface area contributed by atoms with Gasteiger partial charge in [0.05, 0.1) is 12.6 Å². The van der Waals surface area contributed by atoms with Crippen LogP contribution in [0.1, 0.15) is 28.8 Å². The summed E-state index contributed by atoms with van der Waals surface area (Å²) >= 11 is 3.25. The van der Waals surface area contributed by atoms with Gasteiger partial charge in [0, 0.05) is 23.9 Å². The SMILES string of the molecule is Cc1cccc(C2=CSC3C(=O)NC(N4CCC(C(=O)NCc5cccs5)CC4)NC23)c1. The molecular weight excluding hydrogens is 440 g/mol. The molecule has 1 aromatic carbocycles. The van der Waals surface area contributed by atoms with Gasteiger partial charge >= 0.3 is 0 Å². The Morgan fingerprint density at radius 3 is 2.81 bits per heavy atom. The number of nitrogens with one attached hydrogen (secondary N) is 3. The summed E-state index contributed by atoms with van der Waals surface area (Å²) in [5.74, 6) is 0.247. The number of rotatable bonds is 5. The van der Waals surface area contributed by atoms with Gasteiger partial charge in [0.2, 0.25) is 11.8 Å². The van der Waals surface area contributed by atoms with Gasteiger partial charge in [-0.2, -0.15) is 0 Å². The van der Waals surface area contributed by atoms with E-state index in [4.69, 9.17) is 0 Å². The minimum absolute atomic E-state index is 0.00707. The Labute approximate surface area is 196 Å². The number of fused-ring (bicyclic) bond motifs is 1. The van der Waals surface area contributed by atoms with E-state index in [0.717, 1.165) is 25.9 Å². The molecule has 3 unspecified atom stereocenters. The molecule has 0 aliphatic carbocycles. The molecular formula is C24H28N4O2S2. The number of thioether (sulfide) groups is 1. The average Bonchev–Trinajstić information content (AvgIpc) is 3.48. The zero-order valence-electron chi connectivity index (χ0n) is 18.0. The Morgan fingerprint density at radius 2 is 2.06 bits per heavy atom. The molecule has 0 bridgehead atoms. The van der Waals surface area contributed by atoms with Crippen LogP contribution in [0.4, 0.5) is 0 Å². The first-order valence-corrected chi connectivity index (χ1v) is 12.9. The molecule has 2 amide bonds. The number of carbonyl (C=O) groups excluding carboxylic acids is 2. The Balaban J connectivity index is 1.19. The standard InChI is InChI=1S/C24H28N4O2S2/c1-15-4-2-5-17(12-15)19-14-32-21-20(19)26-24(27-23(21)30)28-9-7-16(8-10-28)22(29)25-13-18-6-3-11-31-18/h2-6,11-12,14,16,20-21,24,26H,7-10,13H2,1H3,(H,25,29)(H,27,30). The van der Waals surface area contributed by atoms with Gasteiger partial charge in [0.15, 0.2) is 0 Å². The molecule has 8 heteroatoms. The maximum Gasteiger partial charge on any atom is 0.237 e. The molecule has 2 saturated heterocycles. The van der Waals surface area contributed by atoms with E-state index < -0.39 is 0 Å². The fourth-order valence-electron chi connectivity index (χ4n) is 4.70. The lowest BCUT2D eigenvalue weighted by atomic mass is 9.94. The number of benzene rings is 1. The predicted molar refractivity (Wildman–Crippen MR) is 130 cm³/mol. The number of thiophene rings is 1. The normalized spacial score (nSPS) is 26.3. The van der Waals surface area contributed by atoms with Crippen LogP contribution in [0.5, 0.6) is 0 Å². The van der Waals surface area contributed by atoms with Crippen molar-refractivity contribution in [2.24, 2.45) is 5.92 Å². The zero-order valence-corrected chi connectivity index (χ0v) is 19.7. The van der Waals surface area contributed by atoms with Crippen LogP contribution in [0.2, 0.25) is 0 Å². The number of piperidine rings is 1. The molecule has 6 nitrogen and oxygen atoms in total. The third kappa shape index (κ3) is 4.50. The van der Waals surface area contributed by atoms with Gasteiger partial charge in [-0.3, -0.25) is 19.8 Å². The van der Waals surface area contributed by atoms with Gasteiger partial charge in [-0.05, 0) is 47.8 Å². The van der Waals surface area contributed by atoms with E-state index in [2.05, 4.69) is 57.4 Å². The van der Waals surface area contributed by atoms with E-state index >= 15 is 0 Å². The van der Waals surface area contributed by atoms with Gasteiger partial charge in [-0.1, -0.05) is 35.9 Å². The van der Waals surface area contributed by atoms with Crippen molar-refractivity contribution in [3.05, 3.63) is 63.2 Å². The molecule has 5 rings (SSSR count). The average molecular weight is 469 g/mol. The minimum Gasteiger partial charge on any atom is -0.351 e. The van der Waals surface area contributed by atoms with E-state index in [1.165, 1.54) is 21.6 Å². The molecule has 4 heterocycles. The van der Waals surface area contributed by atoms with E-state index in [1.54, 1.807) is 23.1 Å². The number of hydrogen-bond donors (Lipinski definition) is 3. The van der Waals surface area contributed by atoms with Crippen LogP contribution in [-0.2, 0) is 16.1 Å². The Morgan fingerprint density at radius 1 is 1.22 bits per heavy atom. The molecule has 0 radical (unpaired) electrons. The largest absolute Gasteiger partial charge is 0.351 e. The topological polar surface area (TPSA) is 73.5 Å². The van der Waals surface area contributed by atoms with E-state index in [-0.39, 0.29) is 35.3 Å². The van der Waals surface area contributed by atoms with E-state index in [9.17, 15) is 9.59 Å². The van der Waals surface area contributed by atoms with E-state index in [0.29, 0.717) is 6.54 Å². The molecule has 3 N–H and O–H groups in total. The zero-order chi connectivity index (χ0) is 22.1. The summed E-state index contributed by atoms with van der Waals surface area (Å²) in [5.41, 5.74) is 3.58. The van der Waals surface area contributed by atoms with Crippen LogP contribution in [-0.4, -0.2) is 47.4 Å². The van der Waals surface area contributed by atoms with Crippen LogP contribution in [0.3, 0.4) is 0 Å². The number of amides is 2. The summed E-state index contributed by atoms with van der Waals surface area (Å²) in [7, 11) is 0. The second-order valence-electron chi connectivity index (χ2n) is 8.66. The predicted octanol–water partition coefficient (Wildman–Crippen LogP) is 2.91. The number of hydrogen-bond acceptors (Lipinski definition) is 6. The molecule has 3 aliphatic rings. The smallest absolute Gasteiger partial charge is 0.237 e. The third-order valence-electron chi connectivity index (χ3n) is 6.49. The maximum absolute atomic E-state index is 12.8. The van der Waals surface area contributed by atoms with Crippen LogP contribution in [0.15, 0.2) is 47.2 Å². The Kier molecular flexibility index (Phi) is 6.37. The molecule has 32 heavy (non-hydrogen) atoms. The van der Waals surface area contributed by atoms with E-state index in [1.807, 2.05) is 17.5 Å². The highest BCUT2D eigenvalue weighted by Gasteiger charge is 2.44. The van der Waals surface area contributed by atoms with Gasteiger partial charge < -0.3 is 10.6 Å². The first kappa shape index (κ1) is 21.7. The van der Waals surface area contributed by atoms with Crippen molar-refractivity contribution < 1.29 is 9.59 Å².